The van der Waals surface area contributed by atoms with Crippen molar-refractivity contribution in [2.45, 2.75) is 13.3 Å². The van der Waals surface area contributed by atoms with Gasteiger partial charge in [0, 0.05) is 43.1 Å². The molecule has 0 spiro atoms. The zero-order valence-corrected chi connectivity index (χ0v) is 18.3. The number of anilines is 3. The maximum atomic E-state index is 12.5. The molecular formula is C24H29N5O3. The lowest BCUT2D eigenvalue weighted by Gasteiger charge is -2.29. The normalized spacial score (nSPS) is 13.5. The molecule has 168 valence electrons. The number of carbonyl (C=O) groups is 2. The van der Waals surface area contributed by atoms with E-state index in [0.717, 1.165) is 37.7 Å². The molecule has 0 radical (unpaired) electrons. The zero-order chi connectivity index (χ0) is 22.8. The van der Waals surface area contributed by atoms with Gasteiger partial charge in [0.05, 0.1) is 31.4 Å². The summed E-state index contributed by atoms with van der Waals surface area (Å²) in [4.78, 5) is 28.9. The number of ether oxygens (including phenoxy) is 1. The van der Waals surface area contributed by atoms with E-state index in [2.05, 4.69) is 15.5 Å². The van der Waals surface area contributed by atoms with Crippen molar-refractivity contribution in [1.82, 2.24) is 4.90 Å². The smallest absolute Gasteiger partial charge is 0.238 e. The van der Waals surface area contributed by atoms with Crippen molar-refractivity contribution < 1.29 is 14.3 Å². The van der Waals surface area contributed by atoms with E-state index in [4.69, 9.17) is 10.00 Å². The number of nitriles is 1. The summed E-state index contributed by atoms with van der Waals surface area (Å²) in [6.45, 7) is 6.52. The molecule has 1 saturated heterocycles. The quantitative estimate of drug-likeness (QED) is 0.629. The largest absolute Gasteiger partial charge is 0.378 e. The summed E-state index contributed by atoms with van der Waals surface area (Å²) in [6.07, 6.45) is 0.273. The van der Waals surface area contributed by atoms with Gasteiger partial charge in [0.25, 0.3) is 0 Å². The third-order valence-corrected chi connectivity index (χ3v) is 5.29. The van der Waals surface area contributed by atoms with Crippen LogP contribution in [0.3, 0.4) is 0 Å². The number of benzene rings is 2. The highest BCUT2D eigenvalue weighted by atomic mass is 16.5. The van der Waals surface area contributed by atoms with E-state index in [0.29, 0.717) is 24.3 Å². The fourth-order valence-corrected chi connectivity index (χ4v) is 3.44. The van der Waals surface area contributed by atoms with E-state index >= 15 is 0 Å². The van der Waals surface area contributed by atoms with Gasteiger partial charge in [-0.2, -0.15) is 5.26 Å². The summed E-state index contributed by atoms with van der Waals surface area (Å²) in [5.41, 5.74) is 3.06. The molecule has 0 atom stereocenters. The molecule has 8 nitrogen and oxygen atoms in total. The Morgan fingerprint density at radius 2 is 1.59 bits per heavy atom. The van der Waals surface area contributed by atoms with Crippen LogP contribution in [0.15, 0.2) is 48.5 Å². The molecule has 1 heterocycles. The Hall–Kier alpha value is -3.41. The van der Waals surface area contributed by atoms with Gasteiger partial charge in [0.15, 0.2) is 0 Å². The maximum Gasteiger partial charge on any atom is 0.238 e. The molecule has 0 bridgehead atoms. The Balaban J connectivity index is 1.42. The molecule has 0 unspecified atom stereocenters. The highest BCUT2D eigenvalue weighted by Crippen LogP contribution is 2.19. The molecule has 2 aromatic carbocycles. The number of carbonyl (C=O) groups excluding carboxylic acids is 2. The summed E-state index contributed by atoms with van der Waals surface area (Å²) in [6, 6.07) is 16.6. The molecule has 1 aliphatic heterocycles. The Kier molecular flexibility index (Phi) is 8.61. The second kappa shape index (κ2) is 11.8. The number of morpholine rings is 1. The van der Waals surface area contributed by atoms with Crippen LogP contribution in [0.5, 0.6) is 0 Å². The average molecular weight is 436 g/mol. The summed E-state index contributed by atoms with van der Waals surface area (Å²) in [7, 11) is 0. The van der Waals surface area contributed by atoms with Crippen LogP contribution in [-0.4, -0.2) is 62.7 Å². The van der Waals surface area contributed by atoms with Crippen molar-refractivity contribution >= 4 is 28.9 Å². The lowest BCUT2D eigenvalue weighted by Crippen LogP contribution is -2.36. The first-order valence-electron chi connectivity index (χ1n) is 10.8. The molecule has 1 aliphatic rings. The third kappa shape index (κ3) is 7.08. The Bertz CT molecular complexity index is 932. The summed E-state index contributed by atoms with van der Waals surface area (Å²) in [5.74, 6) is -0.245. The van der Waals surface area contributed by atoms with Crippen molar-refractivity contribution in [2.75, 3.05) is 61.5 Å². The van der Waals surface area contributed by atoms with E-state index in [1.165, 1.54) is 0 Å². The SMILES string of the molecule is CCN(CCC(=O)Nc1ccc(C#N)cc1)CC(=O)Nc1ccc(N2CCOCC2)cc1. The molecule has 1 fully saturated rings. The van der Waals surface area contributed by atoms with Crippen LogP contribution in [-0.2, 0) is 14.3 Å². The molecule has 32 heavy (non-hydrogen) atoms. The van der Waals surface area contributed by atoms with Crippen LogP contribution in [0.4, 0.5) is 17.1 Å². The van der Waals surface area contributed by atoms with Gasteiger partial charge in [0.1, 0.15) is 0 Å². The number of hydrogen-bond acceptors (Lipinski definition) is 6. The van der Waals surface area contributed by atoms with Gasteiger partial charge in [0.2, 0.25) is 11.8 Å². The van der Waals surface area contributed by atoms with E-state index in [9.17, 15) is 9.59 Å². The maximum absolute atomic E-state index is 12.5. The van der Waals surface area contributed by atoms with Gasteiger partial charge in [-0.25, -0.2) is 0 Å². The van der Waals surface area contributed by atoms with Gasteiger partial charge in [-0.05, 0) is 55.1 Å². The molecule has 0 saturated carbocycles. The van der Waals surface area contributed by atoms with Crippen LogP contribution in [0.1, 0.15) is 18.9 Å². The first kappa shape index (κ1) is 23.3. The van der Waals surface area contributed by atoms with Crippen molar-refractivity contribution in [3.05, 3.63) is 54.1 Å². The lowest BCUT2D eigenvalue weighted by atomic mass is 10.2. The fraction of sp³-hybridized carbons (Fsp3) is 0.375. The number of rotatable bonds is 9. The van der Waals surface area contributed by atoms with Crippen LogP contribution < -0.4 is 15.5 Å². The number of nitrogens with zero attached hydrogens (tertiary/aromatic N) is 3. The van der Waals surface area contributed by atoms with Crippen LogP contribution in [0.25, 0.3) is 0 Å². The highest BCUT2D eigenvalue weighted by molar-refractivity contribution is 5.93. The summed E-state index contributed by atoms with van der Waals surface area (Å²) >= 11 is 0. The minimum atomic E-state index is -0.132. The molecule has 8 heteroatoms. The minimum Gasteiger partial charge on any atom is -0.378 e. The average Bonchev–Trinajstić information content (AvgIpc) is 2.83. The van der Waals surface area contributed by atoms with Crippen molar-refractivity contribution in [2.24, 2.45) is 0 Å². The fourth-order valence-electron chi connectivity index (χ4n) is 3.44. The van der Waals surface area contributed by atoms with E-state index < -0.39 is 0 Å². The zero-order valence-electron chi connectivity index (χ0n) is 18.3. The molecule has 0 aliphatic carbocycles. The summed E-state index contributed by atoms with van der Waals surface area (Å²) in [5, 5.41) is 14.6. The summed E-state index contributed by atoms with van der Waals surface area (Å²) < 4.78 is 5.38. The van der Waals surface area contributed by atoms with E-state index in [1.807, 2.05) is 42.2 Å². The first-order chi connectivity index (χ1) is 15.6. The Morgan fingerprint density at radius 1 is 1.00 bits per heavy atom. The third-order valence-electron chi connectivity index (χ3n) is 5.29. The van der Waals surface area contributed by atoms with Gasteiger partial charge in [-0.15, -0.1) is 0 Å². The Labute approximate surface area is 188 Å². The van der Waals surface area contributed by atoms with Crippen molar-refractivity contribution in [3.8, 4) is 6.07 Å². The number of hydrogen-bond donors (Lipinski definition) is 2. The minimum absolute atomic E-state index is 0.113. The monoisotopic (exact) mass is 435 g/mol. The van der Waals surface area contributed by atoms with Gasteiger partial charge in [-0.3, -0.25) is 14.5 Å². The molecule has 2 aromatic rings. The number of amides is 2. The van der Waals surface area contributed by atoms with Gasteiger partial charge < -0.3 is 20.3 Å². The number of likely N-dealkylation sites (N-methyl/N-ethyl adjacent to an activating group) is 1. The molecule has 3 rings (SSSR count). The van der Waals surface area contributed by atoms with Crippen LogP contribution >= 0.6 is 0 Å². The molecule has 0 aromatic heterocycles. The van der Waals surface area contributed by atoms with Crippen LogP contribution in [0.2, 0.25) is 0 Å². The van der Waals surface area contributed by atoms with Gasteiger partial charge in [-0.1, -0.05) is 6.92 Å². The van der Waals surface area contributed by atoms with Crippen molar-refractivity contribution in [3.63, 3.8) is 0 Å². The standard InChI is InChI=1S/C24H29N5O3/c1-2-28(12-11-23(30)26-20-5-3-19(17-25)4-6-20)18-24(31)27-21-7-9-22(10-8-21)29-13-15-32-16-14-29/h3-10H,2,11-16,18H2,1H3,(H,26,30)(H,27,31). The van der Waals surface area contributed by atoms with Crippen LogP contribution in [0, 0.1) is 11.3 Å². The molecular weight excluding hydrogens is 406 g/mol. The van der Waals surface area contributed by atoms with E-state index in [-0.39, 0.29) is 24.8 Å². The second-order valence-electron chi connectivity index (χ2n) is 7.55. The first-order valence-corrected chi connectivity index (χ1v) is 10.8. The van der Waals surface area contributed by atoms with E-state index in [1.54, 1.807) is 24.3 Å². The topological polar surface area (TPSA) is 97.7 Å². The highest BCUT2D eigenvalue weighted by Gasteiger charge is 2.13. The second-order valence-corrected chi connectivity index (χ2v) is 7.55. The lowest BCUT2D eigenvalue weighted by molar-refractivity contribution is -0.119. The molecule has 2 amide bonds. The van der Waals surface area contributed by atoms with Gasteiger partial charge >= 0.3 is 0 Å². The predicted octanol–water partition coefficient (Wildman–Crippen LogP) is 2.68. The predicted molar refractivity (Wildman–Crippen MR) is 125 cm³/mol. The Morgan fingerprint density at radius 3 is 2.19 bits per heavy atom. The van der Waals surface area contributed by atoms with Crippen molar-refractivity contribution in [1.29, 1.82) is 5.26 Å². The number of nitrogens with one attached hydrogen (secondary N) is 2. The molecule has 2 N–H and O–H groups in total.